The molecule has 0 saturated heterocycles. The number of hydrogen-bond acceptors (Lipinski definition) is 3. The van der Waals surface area contributed by atoms with Crippen LogP contribution >= 0.6 is 11.6 Å². The van der Waals surface area contributed by atoms with Crippen LogP contribution in [0.1, 0.15) is 53.3 Å². The van der Waals surface area contributed by atoms with Crippen LogP contribution in [0.4, 0.5) is 9.18 Å². The monoisotopic (exact) mass is 430 g/mol. The molecule has 0 aliphatic heterocycles. The van der Waals surface area contributed by atoms with Crippen molar-refractivity contribution in [2.75, 3.05) is 0 Å². The second kappa shape index (κ2) is 9.90. The summed E-state index contributed by atoms with van der Waals surface area (Å²) in [5.74, 6) is -0.386. The molecule has 1 amide bonds. The Bertz CT molecular complexity index is 1020. The second-order valence-corrected chi connectivity index (χ2v) is 7.96. The summed E-state index contributed by atoms with van der Waals surface area (Å²) < 4.78 is 19.1. The van der Waals surface area contributed by atoms with E-state index in [1.54, 1.807) is 26.8 Å². The van der Waals surface area contributed by atoms with Crippen LogP contribution in [-0.2, 0) is 4.74 Å². The van der Waals surface area contributed by atoms with E-state index in [9.17, 15) is 9.18 Å². The zero-order valence-corrected chi connectivity index (χ0v) is 19.0. The molecule has 0 aliphatic carbocycles. The van der Waals surface area contributed by atoms with Gasteiger partial charge in [0.2, 0.25) is 0 Å². The maximum Gasteiger partial charge on any atom is 0.408 e. The molecule has 2 aromatic carbocycles. The molecule has 1 heterocycles. The third kappa shape index (κ3) is 5.70. The molecule has 1 N–H and O–H groups in total. The molecule has 0 spiro atoms. The lowest BCUT2D eigenvalue weighted by Crippen LogP contribution is -2.34. The number of carbonyl (C=O) groups is 1. The molecule has 3 rings (SSSR count). The van der Waals surface area contributed by atoms with Gasteiger partial charge in [-0.1, -0.05) is 55.8 Å². The lowest BCUT2D eigenvalue weighted by molar-refractivity contribution is 0.0507. The minimum atomic E-state index is -0.613. The highest BCUT2D eigenvalue weighted by atomic mass is 35.5. The number of pyridine rings is 1. The van der Waals surface area contributed by atoms with Crippen LogP contribution in [0.3, 0.4) is 0 Å². The average molecular weight is 431 g/mol. The van der Waals surface area contributed by atoms with Crippen LogP contribution in [0.15, 0.2) is 48.5 Å². The highest BCUT2D eigenvalue weighted by molar-refractivity contribution is 6.38. The van der Waals surface area contributed by atoms with Crippen LogP contribution in [0, 0.1) is 5.82 Å². The maximum atomic E-state index is 13.8. The van der Waals surface area contributed by atoms with Gasteiger partial charge in [0, 0.05) is 10.9 Å². The van der Waals surface area contributed by atoms with Gasteiger partial charge in [0.25, 0.3) is 0 Å². The third-order valence-electron chi connectivity index (χ3n) is 4.12. The van der Waals surface area contributed by atoms with Gasteiger partial charge in [0.05, 0.1) is 22.3 Å². The number of alkyl carbamates (subject to hydrolysis) is 1. The summed E-state index contributed by atoms with van der Waals surface area (Å²) in [6.07, 6.45) is -0.545. The summed E-state index contributed by atoms with van der Waals surface area (Å²) in [5.41, 5.74) is 2.01. The van der Waals surface area contributed by atoms with Crippen molar-refractivity contribution in [1.29, 1.82) is 0 Å². The fourth-order valence-corrected chi connectivity index (χ4v) is 3.32. The van der Waals surface area contributed by atoms with Gasteiger partial charge in [-0.15, -0.1) is 0 Å². The van der Waals surface area contributed by atoms with Crippen LogP contribution in [0.25, 0.3) is 22.0 Å². The Balaban J connectivity index is 0.00000155. The summed E-state index contributed by atoms with van der Waals surface area (Å²) >= 11 is 6.69. The van der Waals surface area contributed by atoms with E-state index < -0.39 is 17.7 Å². The van der Waals surface area contributed by atoms with Crippen molar-refractivity contribution in [1.82, 2.24) is 10.3 Å². The Kier molecular flexibility index (Phi) is 7.79. The number of ether oxygens (including phenoxy) is 1. The van der Waals surface area contributed by atoms with Crippen LogP contribution < -0.4 is 5.32 Å². The minimum absolute atomic E-state index is 0.386. The molecule has 0 radical (unpaired) electrons. The molecule has 30 heavy (non-hydrogen) atoms. The van der Waals surface area contributed by atoms with Gasteiger partial charge in [-0.2, -0.15) is 0 Å². The number of carbonyl (C=O) groups excluding carboxylic acids is 1. The summed E-state index contributed by atoms with van der Waals surface area (Å²) in [4.78, 5) is 16.9. The van der Waals surface area contributed by atoms with E-state index in [0.29, 0.717) is 27.2 Å². The topological polar surface area (TPSA) is 51.2 Å². The van der Waals surface area contributed by atoms with Gasteiger partial charge in [0.15, 0.2) is 0 Å². The largest absolute Gasteiger partial charge is 0.444 e. The van der Waals surface area contributed by atoms with Crippen molar-refractivity contribution in [2.24, 2.45) is 0 Å². The molecule has 0 fully saturated rings. The lowest BCUT2D eigenvalue weighted by Gasteiger charge is -2.23. The number of amides is 1. The van der Waals surface area contributed by atoms with E-state index in [1.807, 2.05) is 51.1 Å². The quantitative estimate of drug-likeness (QED) is 0.474. The lowest BCUT2D eigenvalue weighted by atomic mass is 9.98. The summed E-state index contributed by atoms with van der Waals surface area (Å²) in [5, 5.41) is 3.72. The van der Waals surface area contributed by atoms with E-state index in [4.69, 9.17) is 16.3 Å². The predicted octanol–water partition coefficient (Wildman–Crippen LogP) is 7.31. The number of benzene rings is 2. The minimum Gasteiger partial charge on any atom is -0.444 e. The van der Waals surface area contributed by atoms with Gasteiger partial charge in [-0.05, 0) is 51.5 Å². The predicted molar refractivity (Wildman–Crippen MR) is 121 cm³/mol. The van der Waals surface area contributed by atoms with Crippen LogP contribution in [0.5, 0.6) is 0 Å². The number of nitrogens with zero attached hydrogens (tertiary/aromatic N) is 1. The molecule has 6 heteroatoms. The van der Waals surface area contributed by atoms with Crippen LogP contribution in [0.2, 0.25) is 5.02 Å². The van der Waals surface area contributed by atoms with Crippen molar-refractivity contribution in [3.63, 3.8) is 0 Å². The molecule has 0 bridgehead atoms. The van der Waals surface area contributed by atoms with E-state index in [1.165, 1.54) is 12.1 Å². The van der Waals surface area contributed by atoms with Crippen molar-refractivity contribution >= 4 is 28.6 Å². The number of hydrogen-bond donors (Lipinski definition) is 1. The number of rotatable bonds is 3. The summed E-state index contributed by atoms with van der Waals surface area (Å²) in [6, 6.07) is 13.3. The molecule has 0 saturated carbocycles. The average Bonchev–Trinajstić information content (AvgIpc) is 2.69. The van der Waals surface area contributed by atoms with Gasteiger partial charge in [0.1, 0.15) is 11.4 Å². The first-order valence-corrected chi connectivity index (χ1v) is 10.4. The Morgan fingerprint density at radius 2 is 1.77 bits per heavy atom. The maximum absolute atomic E-state index is 13.8. The van der Waals surface area contributed by atoms with Crippen molar-refractivity contribution in [3.05, 3.63) is 65.1 Å². The molecule has 1 aromatic heterocycles. The molecule has 160 valence electrons. The Labute approximate surface area is 182 Å². The molecule has 1 atom stereocenters. The SMILES string of the molecule is CC.CC(NC(=O)OC(C)(C)C)c1nc2ccc(F)cc2c(Cl)c1-c1ccccc1. The van der Waals surface area contributed by atoms with Crippen molar-refractivity contribution in [2.45, 2.75) is 53.2 Å². The standard InChI is InChI=1S/C22H22ClFN2O2.C2H6/c1-13(25-21(27)28-22(2,3)4)20-18(14-8-6-5-7-9-14)19(23)16-12-15(24)10-11-17(16)26-20;1-2/h5-13H,1-4H3,(H,25,27);1-2H3. The van der Waals surface area contributed by atoms with E-state index in [-0.39, 0.29) is 5.82 Å². The first-order valence-electron chi connectivity index (χ1n) is 9.99. The van der Waals surface area contributed by atoms with E-state index >= 15 is 0 Å². The summed E-state index contributed by atoms with van der Waals surface area (Å²) in [7, 11) is 0. The second-order valence-electron chi connectivity index (χ2n) is 7.58. The van der Waals surface area contributed by atoms with Gasteiger partial charge >= 0.3 is 6.09 Å². The zero-order valence-electron chi connectivity index (χ0n) is 18.2. The van der Waals surface area contributed by atoms with E-state index in [0.717, 1.165) is 5.56 Å². The van der Waals surface area contributed by atoms with Crippen LogP contribution in [-0.4, -0.2) is 16.7 Å². The summed E-state index contributed by atoms with van der Waals surface area (Å²) in [6.45, 7) is 11.2. The Morgan fingerprint density at radius 3 is 2.37 bits per heavy atom. The molecule has 0 aliphatic rings. The third-order valence-corrected chi connectivity index (χ3v) is 4.51. The van der Waals surface area contributed by atoms with Crippen molar-refractivity contribution < 1.29 is 13.9 Å². The molecule has 3 aromatic rings. The number of nitrogens with one attached hydrogen (secondary N) is 1. The van der Waals surface area contributed by atoms with E-state index in [2.05, 4.69) is 10.3 Å². The molecular formula is C24H28ClFN2O2. The highest BCUT2D eigenvalue weighted by Gasteiger charge is 2.23. The Hall–Kier alpha value is -2.66. The number of fused-ring (bicyclic) bond motifs is 1. The van der Waals surface area contributed by atoms with Gasteiger partial charge in [-0.3, -0.25) is 0 Å². The number of halogens is 2. The molecule has 4 nitrogen and oxygen atoms in total. The highest BCUT2D eigenvalue weighted by Crippen LogP contribution is 2.38. The zero-order chi connectivity index (χ0) is 22.5. The first-order chi connectivity index (χ1) is 14.2. The normalized spacial score (nSPS) is 12.0. The Morgan fingerprint density at radius 1 is 1.13 bits per heavy atom. The van der Waals surface area contributed by atoms with Gasteiger partial charge < -0.3 is 10.1 Å². The fourth-order valence-electron chi connectivity index (χ4n) is 2.96. The first kappa shape index (κ1) is 23.6. The smallest absolute Gasteiger partial charge is 0.408 e. The van der Waals surface area contributed by atoms with Gasteiger partial charge in [-0.25, -0.2) is 14.2 Å². The van der Waals surface area contributed by atoms with Crippen molar-refractivity contribution in [3.8, 4) is 11.1 Å². The number of aromatic nitrogens is 1. The molecular weight excluding hydrogens is 403 g/mol. The molecule has 1 unspecified atom stereocenters. The fraction of sp³-hybridized carbons (Fsp3) is 0.333.